The number of amides is 1. The van der Waals surface area contributed by atoms with Crippen molar-refractivity contribution in [3.05, 3.63) is 35.2 Å². The highest BCUT2D eigenvalue weighted by atomic mass is 19.3. The number of methoxy groups -OCH3 is 1. The Labute approximate surface area is 137 Å². The number of carbonyl (C=O) groups is 1. The molecule has 0 radical (unpaired) electrons. The van der Waals surface area contributed by atoms with Crippen molar-refractivity contribution >= 4 is 11.6 Å². The second kappa shape index (κ2) is 7.76. The Morgan fingerprint density at radius 3 is 2.67 bits per heavy atom. The maximum absolute atomic E-state index is 12.4. The van der Waals surface area contributed by atoms with Gasteiger partial charge in [-0.25, -0.2) is 0 Å². The zero-order chi connectivity index (χ0) is 17.7. The minimum atomic E-state index is -2.98. The second-order valence-corrected chi connectivity index (χ2v) is 5.10. The van der Waals surface area contributed by atoms with Gasteiger partial charge < -0.3 is 19.3 Å². The molecule has 0 spiro atoms. The molecule has 0 aliphatic carbocycles. The number of nitrogens with one attached hydrogen (secondary N) is 1. The van der Waals surface area contributed by atoms with Gasteiger partial charge in [0.1, 0.15) is 5.76 Å². The number of hydrogen-bond donors (Lipinski definition) is 1. The molecule has 1 aromatic carbocycles. The van der Waals surface area contributed by atoms with Crippen molar-refractivity contribution in [3.63, 3.8) is 0 Å². The van der Waals surface area contributed by atoms with E-state index in [0.29, 0.717) is 17.9 Å². The SMILES string of the molecule is COc1ccc(NC(=O)CCc2c(C)noc2C)cc1OC(F)F. The van der Waals surface area contributed by atoms with Crippen molar-refractivity contribution in [1.29, 1.82) is 0 Å². The maximum atomic E-state index is 12.4. The molecule has 1 aromatic heterocycles. The molecule has 2 aromatic rings. The molecule has 1 amide bonds. The highest BCUT2D eigenvalue weighted by Crippen LogP contribution is 2.31. The van der Waals surface area contributed by atoms with Crippen LogP contribution in [-0.4, -0.2) is 24.8 Å². The highest BCUT2D eigenvalue weighted by molar-refractivity contribution is 5.91. The number of halogens is 2. The van der Waals surface area contributed by atoms with E-state index in [1.54, 1.807) is 19.9 Å². The van der Waals surface area contributed by atoms with Crippen LogP contribution < -0.4 is 14.8 Å². The third-order valence-electron chi connectivity index (χ3n) is 3.45. The Hall–Kier alpha value is -2.64. The van der Waals surface area contributed by atoms with Gasteiger partial charge in [0.05, 0.1) is 12.8 Å². The van der Waals surface area contributed by atoms with Crippen molar-refractivity contribution in [2.24, 2.45) is 0 Å². The summed E-state index contributed by atoms with van der Waals surface area (Å²) in [5.74, 6) is 0.431. The van der Waals surface area contributed by atoms with Crippen LogP contribution in [0.2, 0.25) is 0 Å². The molecule has 6 nitrogen and oxygen atoms in total. The summed E-state index contributed by atoms with van der Waals surface area (Å²) < 4.78 is 39.2. The third-order valence-corrected chi connectivity index (χ3v) is 3.45. The second-order valence-electron chi connectivity index (χ2n) is 5.10. The predicted octanol–water partition coefficient (Wildman–Crippen LogP) is 3.47. The fourth-order valence-electron chi connectivity index (χ4n) is 2.26. The molecule has 130 valence electrons. The fourth-order valence-corrected chi connectivity index (χ4v) is 2.26. The standard InChI is InChI=1S/C16H18F2N2O4/c1-9-12(10(2)24-20-9)5-7-15(21)19-11-4-6-13(22-3)14(8-11)23-16(17)18/h4,6,8,16H,5,7H2,1-3H3,(H,19,21). The Bertz CT molecular complexity index is 697. The minimum absolute atomic E-state index is 0.143. The number of ether oxygens (including phenoxy) is 2. The third kappa shape index (κ3) is 4.43. The molecule has 0 aliphatic rings. The van der Waals surface area contributed by atoms with E-state index in [9.17, 15) is 13.6 Å². The first-order valence-corrected chi connectivity index (χ1v) is 7.25. The molecular weight excluding hydrogens is 322 g/mol. The van der Waals surface area contributed by atoms with E-state index in [1.807, 2.05) is 0 Å². The van der Waals surface area contributed by atoms with Crippen LogP contribution in [0.4, 0.5) is 14.5 Å². The maximum Gasteiger partial charge on any atom is 0.387 e. The first kappa shape index (κ1) is 17.7. The number of rotatable bonds is 7. The summed E-state index contributed by atoms with van der Waals surface area (Å²) in [6.45, 7) is 0.607. The van der Waals surface area contributed by atoms with Crippen LogP contribution in [0.3, 0.4) is 0 Å². The molecule has 24 heavy (non-hydrogen) atoms. The zero-order valence-corrected chi connectivity index (χ0v) is 13.6. The van der Waals surface area contributed by atoms with Crippen LogP contribution >= 0.6 is 0 Å². The lowest BCUT2D eigenvalue weighted by Gasteiger charge is -2.12. The number of anilines is 1. The normalized spacial score (nSPS) is 10.8. The van der Waals surface area contributed by atoms with Gasteiger partial charge in [-0.2, -0.15) is 8.78 Å². The first-order chi connectivity index (χ1) is 11.4. The summed E-state index contributed by atoms with van der Waals surface area (Å²) in [7, 11) is 1.34. The number of aromatic nitrogens is 1. The summed E-state index contributed by atoms with van der Waals surface area (Å²) in [5, 5.41) is 6.47. The van der Waals surface area contributed by atoms with Gasteiger partial charge in [-0.3, -0.25) is 4.79 Å². The van der Waals surface area contributed by atoms with E-state index in [2.05, 4.69) is 15.2 Å². The Morgan fingerprint density at radius 1 is 1.33 bits per heavy atom. The van der Waals surface area contributed by atoms with Gasteiger partial charge in [0.2, 0.25) is 5.91 Å². The molecule has 1 heterocycles. The Balaban J connectivity index is 2.01. The lowest BCUT2D eigenvalue weighted by Crippen LogP contribution is -2.13. The Kier molecular flexibility index (Phi) is 5.73. The summed E-state index contributed by atoms with van der Waals surface area (Å²) in [4.78, 5) is 12.0. The van der Waals surface area contributed by atoms with Crippen LogP contribution in [0.25, 0.3) is 0 Å². The predicted molar refractivity (Wildman–Crippen MR) is 82.6 cm³/mol. The Morgan fingerprint density at radius 2 is 2.08 bits per heavy atom. The molecule has 0 saturated heterocycles. The lowest BCUT2D eigenvalue weighted by molar-refractivity contribution is -0.116. The van der Waals surface area contributed by atoms with E-state index in [0.717, 1.165) is 11.3 Å². The van der Waals surface area contributed by atoms with Gasteiger partial charge in [-0.1, -0.05) is 5.16 Å². The molecule has 0 saturated carbocycles. The van der Waals surface area contributed by atoms with Crippen molar-refractivity contribution in [3.8, 4) is 11.5 Å². The molecule has 8 heteroatoms. The van der Waals surface area contributed by atoms with Crippen LogP contribution in [0.15, 0.2) is 22.7 Å². The van der Waals surface area contributed by atoms with Gasteiger partial charge in [0.25, 0.3) is 0 Å². The number of carbonyl (C=O) groups excluding carboxylic acids is 1. The monoisotopic (exact) mass is 340 g/mol. The van der Waals surface area contributed by atoms with Crippen LogP contribution in [0.5, 0.6) is 11.5 Å². The molecule has 0 bridgehead atoms. The average molecular weight is 340 g/mol. The van der Waals surface area contributed by atoms with E-state index in [-0.39, 0.29) is 23.8 Å². The quantitative estimate of drug-likeness (QED) is 0.835. The first-order valence-electron chi connectivity index (χ1n) is 7.25. The molecule has 0 aliphatic heterocycles. The summed E-state index contributed by atoms with van der Waals surface area (Å²) in [6, 6.07) is 4.28. The van der Waals surface area contributed by atoms with Crippen molar-refractivity contribution in [1.82, 2.24) is 5.16 Å². The van der Waals surface area contributed by atoms with Gasteiger partial charge in [0, 0.05) is 23.7 Å². The van der Waals surface area contributed by atoms with Crippen molar-refractivity contribution in [2.45, 2.75) is 33.3 Å². The smallest absolute Gasteiger partial charge is 0.387 e. The summed E-state index contributed by atoms with van der Waals surface area (Å²) >= 11 is 0. The molecular formula is C16H18F2N2O4. The molecule has 2 rings (SSSR count). The van der Waals surface area contributed by atoms with E-state index < -0.39 is 6.61 Å². The van der Waals surface area contributed by atoms with Crippen LogP contribution in [0.1, 0.15) is 23.4 Å². The molecule has 1 N–H and O–H groups in total. The number of benzene rings is 1. The number of alkyl halides is 2. The molecule has 0 unspecified atom stereocenters. The number of nitrogens with zero attached hydrogens (tertiary/aromatic N) is 1. The lowest BCUT2D eigenvalue weighted by atomic mass is 10.1. The molecule has 0 atom stereocenters. The summed E-state index contributed by atoms with van der Waals surface area (Å²) in [5.41, 5.74) is 1.98. The summed E-state index contributed by atoms with van der Waals surface area (Å²) in [6.07, 6.45) is 0.684. The van der Waals surface area contributed by atoms with Crippen LogP contribution in [0, 0.1) is 13.8 Å². The molecule has 0 fully saturated rings. The largest absolute Gasteiger partial charge is 0.493 e. The highest BCUT2D eigenvalue weighted by Gasteiger charge is 2.14. The number of hydrogen-bond acceptors (Lipinski definition) is 5. The van der Waals surface area contributed by atoms with E-state index in [4.69, 9.17) is 9.26 Å². The topological polar surface area (TPSA) is 73.6 Å². The van der Waals surface area contributed by atoms with Crippen LogP contribution in [-0.2, 0) is 11.2 Å². The number of aryl methyl sites for hydroxylation is 2. The van der Waals surface area contributed by atoms with Crippen molar-refractivity contribution < 1.29 is 27.6 Å². The van der Waals surface area contributed by atoms with Gasteiger partial charge >= 0.3 is 6.61 Å². The van der Waals surface area contributed by atoms with E-state index in [1.165, 1.54) is 19.2 Å². The van der Waals surface area contributed by atoms with Gasteiger partial charge in [0.15, 0.2) is 11.5 Å². The van der Waals surface area contributed by atoms with Gasteiger partial charge in [-0.15, -0.1) is 0 Å². The van der Waals surface area contributed by atoms with Crippen molar-refractivity contribution in [2.75, 3.05) is 12.4 Å². The average Bonchev–Trinajstić information content (AvgIpc) is 2.83. The van der Waals surface area contributed by atoms with Gasteiger partial charge in [-0.05, 0) is 32.4 Å². The minimum Gasteiger partial charge on any atom is -0.493 e. The zero-order valence-electron chi connectivity index (χ0n) is 13.6. The van der Waals surface area contributed by atoms with E-state index >= 15 is 0 Å². The fraction of sp³-hybridized carbons (Fsp3) is 0.375.